The van der Waals surface area contributed by atoms with Crippen LogP contribution in [0.5, 0.6) is 0 Å². The van der Waals surface area contributed by atoms with Crippen LogP contribution in [0.1, 0.15) is 22.3 Å². The molecule has 2 aromatic carbocycles. The highest BCUT2D eigenvalue weighted by Crippen LogP contribution is 2.43. The quantitative estimate of drug-likeness (QED) is 0.636. The first-order chi connectivity index (χ1) is 14.7. The summed E-state index contributed by atoms with van der Waals surface area (Å²) in [5, 5.41) is 9.46. The number of nitriles is 1. The summed E-state index contributed by atoms with van der Waals surface area (Å²) in [6.45, 7) is 1.81. The third-order valence-electron chi connectivity index (χ3n) is 5.07. The number of hydrogen-bond acceptors (Lipinski definition) is 6. The molecular formula is C23H18N4O3S. The molecule has 0 spiro atoms. The Balaban J connectivity index is 1.89. The van der Waals surface area contributed by atoms with Crippen LogP contribution in [0.15, 0.2) is 59.6 Å². The Morgan fingerprint density at radius 1 is 1.13 bits per heavy atom. The van der Waals surface area contributed by atoms with E-state index < -0.39 is 9.84 Å². The number of nitrogens with two attached hydrogens (primary N) is 1. The van der Waals surface area contributed by atoms with Crippen molar-refractivity contribution in [2.75, 3.05) is 16.9 Å². The maximum absolute atomic E-state index is 13.4. The molecule has 1 amide bonds. The minimum Gasteiger partial charge on any atom is -0.384 e. The van der Waals surface area contributed by atoms with E-state index in [1.54, 1.807) is 55.6 Å². The van der Waals surface area contributed by atoms with Crippen LogP contribution < -0.4 is 10.6 Å². The molecule has 0 aliphatic carbocycles. The van der Waals surface area contributed by atoms with Crippen LogP contribution in [-0.4, -0.2) is 25.6 Å². The van der Waals surface area contributed by atoms with Crippen LogP contribution in [-0.2, 0) is 14.6 Å². The Morgan fingerprint density at radius 2 is 1.84 bits per heavy atom. The zero-order valence-corrected chi connectivity index (χ0v) is 17.6. The number of rotatable bonds is 3. The number of aromatic nitrogens is 1. The van der Waals surface area contributed by atoms with Gasteiger partial charge in [-0.25, -0.2) is 13.4 Å². The number of amides is 1. The summed E-state index contributed by atoms with van der Waals surface area (Å²) in [4.78, 5) is 19.2. The van der Waals surface area contributed by atoms with Gasteiger partial charge in [0.2, 0.25) is 0 Å². The summed E-state index contributed by atoms with van der Waals surface area (Å²) in [7, 11) is -3.36. The van der Waals surface area contributed by atoms with Crippen molar-refractivity contribution in [2.24, 2.45) is 0 Å². The lowest BCUT2D eigenvalue weighted by Gasteiger charge is -2.18. The van der Waals surface area contributed by atoms with Crippen LogP contribution in [0.4, 0.5) is 17.2 Å². The highest BCUT2D eigenvalue weighted by Gasteiger charge is 2.34. The lowest BCUT2D eigenvalue weighted by molar-refractivity contribution is -0.112. The Kier molecular flexibility index (Phi) is 4.84. The number of carbonyl (C=O) groups is 1. The zero-order chi connectivity index (χ0) is 22.3. The topological polar surface area (TPSA) is 117 Å². The second-order valence-electron chi connectivity index (χ2n) is 7.28. The molecule has 0 atom stereocenters. The van der Waals surface area contributed by atoms with Crippen LogP contribution >= 0.6 is 0 Å². The van der Waals surface area contributed by atoms with E-state index in [-0.39, 0.29) is 10.8 Å². The first kappa shape index (κ1) is 20.3. The SMILES string of the molecule is Cc1cc2c(cc1C#N)/C(=C/c1ccc(N)nc1)C(=O)N2c1ccc(S(C)(=O)=O)cc1. The molecule has 31 heavy (non-hydrogen) atoms. The molecule has 4 rings (SSSR count). The molecule has 0 radical (unpaired) electrons. The third-order valence-corrected chi connectivity index (χ3v) is 6.20. The van der Waals surface area contributed by atoms with Gasteiger partial charge in [-0.3, -0.25) is 9.69 Å². The lowest BCUT2D eigenvalue weighted by Crippen LogP contribution is -2.20. The summed E-state index contributed by atoms with van der Waals surface area (Å²) in [6.07, 6.45) is 4.40. The Labute approximate surface area is 180 Å². The van der Waals surface area contributed by atoms with Crippen molar-refractivity contribution >= 4 is 44.6 Å². The minimum atomic E-state index is -3.36. The molecular weight excluding hydrogens is 412 g/mol. The van der Waals surface area contributed by atoms with Gasteiger partial charge in [-0.15, -0.1) is 0 Å². The molecule has 0 saturated carbocycles. The van der Waals surface area contributed by atoms with Crippen LogP contribution in [0.3, 0.4) is 0 Å². The molecule has 0 saturated heterocycles. The molecule has 0 fully saturated rings. The van der Waals surface area contributed by atoms with Gasteiger partial charge >= 0.3 is 0 Å². The van der Waals surface area contributed by atoms with Crippen LogP contribution in [0.25, 0.3) is 11.6 Å². The van der Waals surface area contributed by atoms with Gasteiger partial charge in [0, 0.05) is 23.7 Å². The molecule has 154 valence electrons. The molecule has 8 heteroatoms. The van der Waals surface area contributed by atoms with Gasteiger partial charge in [-0.2, -0.15) is 5.26 Å². The standard InChI is InChI=1S/C23H18N4O3S/c1-14-9-21-19(11-16(14)12-24)20(10-15-3-8-22(25)26-13-15)23(28)27(21)17-4-6-18(7-5-17)31(2,29)30/h3-11,13H,1-2H3,(H2,25,26)/b20-10-. The number of carbonyl (C=O) groups excluding carboxylic acids is 1. The fourth-order valence-corrected chi connectivity index (χ4v) is 4.10. The molecule has 0 bridgehead atoms. The summed E-state index contributed by atoms with van der Waals surface area (Å²) in [6, 6.07) is 15.2. The van der Waals surface area contributed by atoms with E-state index in [4.69, 9.17) is 5.73 Å². The molecule has 1 aromatic heterocycles. The van der Waals surface area contributed by atoms with Gasteiger partial charge in [0.1, 0.15) is 5.82 Å². The Morgan fingerprint density at radius 3 is 2.42 bits per heavy atom. The van der Waals surface area contributed by atoms with Crippen molar-refractivity contribution in [2.45, 2.75) is 11.8 Å². The number of anilines is 3. The second kappa shape index (κ2) is 7.38. The molecule has 1 aliphatic rings. The third kappa shape index (κ3) is 3.67. The van der Waals surface area contributed by atoms with Crippen LogP contribution in [0.2, 0.25) is 0 Å². The van der Waals surface area contributed by atoms with E-state index in [1.807, 2.05) is 0 Å². The number of sulfone groups is 1. The van der Waals surface area contributed by atoms with Crippen molar-refractivity contribution in [1.82, 2.24) is 4.98 Å². The number of fused-ring (bicyclic) bond motifs is 1. The average molecular weight is 430 g/mol. The van der Waals surface area contributed by atoms with Crippen molar-refractivity contribution in [3.8, 4) is 6.07 Å². The highest BCUT2D eigenvalue weighted by atomic mass is 32.2. The maximum Gasteiger partial charge on any atom is 0.263 e. The Bertz CT molecular complexity index is 1380. The maximum atomic E-state index is 13.4. The lowest BCUT2D eigenvalue weighted by atomic mass is 9.99. The first-order valence-electron chi connectivity index (χ1n) is 9.32. The second-order valence-corrected chi connectivity index (χ2v) is 9.29. The van der Waals surface area contributed by atoms with Gasteiger partial charge in [-0.05, 0) is 72.7 Å². The van der Waals surface area contributed by atoms with E-state index in [9.17, 15) is 18.5 Å². The monoisotopic (exact) mass is 430 g/mol. The van der Waals surface area contributed by atoms with Gasteiger partial charge in [0.05, 0.1) is 27.8 Å². The van der Waals surface area contributed by atoms with E-state index >= 15 is 0 Å². The minimum absolute atomic E-state index is 0.169. The zero-order valence-electron chi connectivity index (χ0n) is 16.8. The number of benzene rings is 2. The summed E-state index contributed by atoms with van der Waals surface area (Å²) < 4.78 is 23.6. The number of hydrogen-bond donors (Lipinski definition) is 1. The summed E-state index contributed by atoms with van der Waals surface area (Å²) in [5.41, 5.74) is 9.74. The molecule has 3 aromatic rings. The summed E-state index contributed by atoms with van der Waals surface area (Å²) in [5.74, 6) is 0.0868. The number of aryl methyl sites for hydroxylation is 1. The van der Waals surface area contributed by atoms with Gasteiger partial charge in [-0.1, -0.05) is 0 Å². The number of nitrogens with zero attached hydrogens (tertiary/aromatic N) is 3. The van der Waals surface area contributed by atoms with Crippen molar-refractivity contribution in [3.63, 3.8) is 0 Å². The first-order valence-corrected chi connectivity index (χ1v) is 11.2. The fraction of sp³-hybridized carbons (Fsp3) is 0.0870. The van der Waals surface area contributed by atoms with Crippen molar-refractivity contribution in [3.05, 3.63) is 77.0 Å². The molecule has 1 aliphatic heterocycles. The van der Waals surface area contributed by atoms with E-state index in [2.05, 4.69) is 11.1 Å². The molecule has 0 unspecified atom stereocenters. The van der Waals surface area contributed by atoms with E-state index in [1.165, 1.54) is 17.0 Å². The van der Waals surface area contributed by atoms with Crippen molar-refractivity contribution in [1.29, 1.82) is 5.26 Å². The molecule has 2 N–H and O–H groups in total. The van der Waals surface area contributed by atoms with Crippen LogP contribution in [0, 0.1) is 18.3 Å². The largest absolute Gasteiger partial charge is 0.384 e. The predicted molar refractivity (Wildman–Crippen MR) is 119 cm³/mol. The smallest absolute Gasteiger partial charge is 0.263 e. The molecule has 7 nitrogen and oxygen atoms in total. The number of pyridine rings is 1. The molecule has 2 heterocycles. The summed E-state index contributed by atoms with van der Waals surface area (Å²) >= 11 is 0. The van der Waals surface area contributed by atoms with Gasteiger partial charge in [0.15, 0.2) is 9.84 Å². The highest BCUT2D eigenvalue weighted by molar-refractivity contribution is 7.90. The normalized spacial score (nSPS) is 14.5. The number of nitrogen functional groups attached to an aromatic ring is 1. The van der Waals surface area contributed by atoms with Gasteiger partial charge < -0.3 is 5.73 Å². The average Bonchev–Trinajstić information content (AvgIpc) is 2.99. The Hall–Kier alpha value is -3.96. The van der Waals surface area contributed by atoms with Crippen molar-refractivity contribution < 1.29 is 13.2 Å². The van der Waals surface area contributed by atoms with E-state index in [0.717, 1.165) is 11.8 Å². The fourth-order valence-electron chi connectivity index (χ4n) is 3.47. The van der Waals surface area contributed by atoms with E-state index in [0.29, 0.717) is 39.5 Å². The van der Waals surface area contributed by atoms with Gasteiger partial charge in [0.25, 0.3) is 5.91 Å². The predicted octanol–water partition coefficient (Wildman–Crippen LogP) is 3.47.